The van der Waals surface area contributed by atoms with Crippen molar-refractivity contribution in [1.82, 2.24) is 4.90 Å². The van der Waals surface area contributed by atoms with Crippen LogP contribution >= 0.6 is 0 Å². The van der Waals surface area contributed by atoms with Crippen LogP contribution in [-0.2, 0) is 14.3 Å². The highest BCUT2D eigenvalue weighted by Crippen LogP contribution is 2.37. The van der Waals surface area contributed by atoms with Crippen LogP contribution < -0.4 is 9.47 Å². The lowest BCUT2D eigenvalue weighted by Gasteiger charge is -2.32. The van der Waals surface area contributed by atoms with Crippen molar-refractivity contribution in [2.24, 2.45) is 0 Å². The van der Waals surface area contributed by atoms with Gasteiger partial charge in [0.05, 0.1) is 31.5 Å². The smallest absolute Gasteiger partial charge is 0.340 e. The van der Waals surface area contributed by atoms with Crippen molar-refractivity contribution in [1.29, 1.82) is 0 Å². The molecular weight excluding hydrogens is 394 g/mol. The summed E-state index contributed by atoms with van der Waals surface area (Å²) in [6.07, 6.45) is 7.98. The zero-order valence-corrected chi connectivity index (χ0v) is 19.0. The van der Waals surface area contributed by atoms with Gasteiger partial charge in [0, 0.05) is 11.7 Å². The largest absolute Gasteiger partial charge is 0.490 e. The molecule has 0 unspecified atom stereocenters. The van der Waals surface area contributed by atoms with Crippen molar-refractivity contribution in [3.8, 4) is 11.5 Å². The van der Waals surface area contributed by atoms with Crippen molar-refractivity contribution < 1.29 is 23.8 Å². The van der Waals surface area contributed by atoms with E-state index in [1.54, 1.807) is 11.0 Å². The molecule has 1 aliphatic carbocycles. The summed E-state index contributed by atoms with van der Waals surface area (Å²) >= 11 is 0. The summed E-state index contributed by atoms with van der Waals surface area (Å²) in [4.78, 5) is 27.8. The number of carbonyl (C=O) groups excluding carboxylic acids is 2. The molecule has 168 valence electrons. The molecule has 1 aromatic rings. The minimum atomic E-state index is -0.483. The molecule has 1 amide bonds. The van der Waals surface area contributed by atoms with Gasteiger partial charge in [-0.3, -0.25) is 4.79 Å². The SMILES string of the molecule is CCCOc1ccc(C=C2C(=O)N(C3CCCCC3)C(C)=C2C(=O)OC)cc1OCC. The average Bonchev–Trinajstić information content (AvgIpc) is 3.02. The maximum absolute atomic E-state index is 13.4. The molecule has 0 N–H and O–H groups in total. The molecule has 0 atom stereocenters. The van der Waals surface area contributed by atoms with Gasteiger partial charge in [-0.15, -0.1) is 0 Å². The molecule has 31 heavy (non-hydrogen) atoms. The molecule has 2 aliphatic rings. The van der Waals surface area contributed by atoms with Crippen LogP contribution in [0.4, 0.5) is 0 Å². The van der Waals surface area contributed by atoms with Gasteiger partial charge >= 0.3 is 5.97 Å². The molecule has 1 aromatic carbocycles. The molecule has 3 rings (SSSR count). The number of allylic oxidation sites excluding steroid dienone is 1. The van der Waals surface area contributed by atoms with Gasteiger partial charge in [-0.05, 0) is 56.9 Å². The van der Waals surface area contributed by atoms with E-state index in [1.165, 1.54) is 13.5 Å². The molecule has 0 aromatic heterocycles. The van der Waals surface area contributed by atoms with Gasteiger partial charge in [0.15, 0.2) is 11.5 Å². The van der Waals surface area contributed by atoms with Crippen LogP contribution in [0.3, 0.4) is 0 Å². The van der Waals surface area contributed by atoms with Crippen molar-refractivity contribution in [2.75, 3.05) is 20.3 Å². The average molecular weight is 428 g/mol. The van der Waals surface area contributed by atoms with E-state index in [4.69, 9.17) is 14.2 Å². The molecule has 6 nitrogen and oxygen atoms in total. The lowest BCUT2D eigenvalue weighted by molar-refractivity contribution is -0.136. The molecule has 0 radical (unpaired) electrons. The third-order valence-corrected chi connectivity index (χ3v) is 5.81. The Morgan fingerprint density at radius 3 is 2.52 bits per heavy atom. The molecule has 6 heteroatoms. The summed E-state index contributed by atoms with van der Waals surface area (Å²) in [6, 6.07) is 5.71. The minimum absolute atomic E-state index is 0.130. The first-order valence-electron chi connectivity index (χ1n) is 11.3. The van der Waals surface area contributed by atoms with E-state index in [0.717, 1.165) is 37.7 Å². The van der Waals surface area contributed by atoms with Gasteiger partial charge in [0.1, 0.15) is 0 Å². The normalized spacial score (nSPS) is 18.6. The molecule has 1 fully saturated rings. The van der Waals surface area contributed by atoms with Crippen LogP contribution in [0, 0.1) is 0 Å². The third-order valence-electron chi connectivity index (χ3n) is 5.81. The Kier molecular flexibility index (Phi) is 7.77. The summed E-state index contributed by atoms with van der Waals surface area (Å²) < 4.78 is 16.5. The summed E-state index contributed by atoms with van der Waals surface area (Å²) in [5, 5.41) is 0. The molecule has 1 saturated carbocycles. The van der Waals surface area contributed by atoms with Crippen LogP contribution in [0.2, 0.25) is 0 Å². The second kappa shape index (κ2) is 10.5. The monoisotopic (exact) mass is 427 g/mol. The number of amides is 1. The second-order valence-corrected chi connectivity index (χ2v) is 7.96. The first kappa shape index (κ1) is 22.9. The van der Waals surface area contributed by atoms with Gasteiger partial charge in [-0.25, -0.2) is 4.79 Å². The number of esters is 1. The van der Waals surface area contributed by atoms with Crippen molar-refractivity contribution in [2.45, 2.75) is 65.3 Å². The van der Waals surface area contributed by atoms with Crippen LogP contribution in [0.5, 0.6) is 11.5 Å². The lowest BCUT2D eigenvalue weighted by Crippen LogP contribution is -2.37. The number of hydrogen-bond acceptors (Lipinski definition) is 5. The highest BCUT2D eigenvalue weighted by atomic mass is 16.5. The molecule has 1 aliphatic heterocycles. The highest BCUT2D eigenvalue weighted by molar-refractivity contribution is 6.16. The fraction of sp³-hybridized carbons (Fsp3) is 0.520. The fourth-order valence-electron chi connectivity index (χ4n) is 4.36. The Labute approximate surface area is 184 Å². The first-order valence-corrected chi connectivity index (χ1v) is 11.3. The highest BCUT2D eigenvalue weighted by Gasteiger charge is 2.40. The Morgan fingerprint density at radius 1 is 1.13 bits per heavy atom. The van der Waals surface area contributed by atoms with Gasteiger partial charge in [0.25, 0.3) is 5.91 Å². The molecule has 0 saturated heterocycles. The topological polar surface area (TPSA) is 65.1 Å². The Balaban J connectivity index is 1.99. The number of hydrogen-bond donors (Lipinski definition) is 0. The Bertz CT molecular complexity index is 880. The van der Waals surface area contributed by atoms with E-state index in [2.05, 4.69) is 0 Å². The van der Waals surface area contributed by atoms with E-state index in [1.807, 2.05) is 39.0 Å². The minimum Gasteiger partial charge on any atom is -0.490 e. The van der Waals surface area contributed by atoms with E-state index in [-0.39, 0.29) is 11.9 Å². The van der Waals surface area contributed by atoms with E-state index in [0.29, 0.717) is 41.6 Å². The predicted molar refractivity (Wildman–Crippen MR) is 120 cm³/mol. The van der Waals surface area contributed by atoms with Crippen LogP contribution in [-0.4, -0.2) is 43.1 Å². The van der Waals surface area contributed by atoms with Gasteiger partial charge in [-0.1, -0.05) is 32.3 Å². The fourth-order valence-corrected chi connectivity index (χ4v) is 4.36. The van der Waals surface area contributed by atoms with Gasteiger partial charge in [-0.2, -0.15) is 0 Å². The summed E-state index contributed by atoms with van der Waals surface area (Å²) in [5.74, 6) is 0.685. The predicted octanol–water partition coefficient (Wildman–Crippen LogP) is 4.88. The standard InChI is InChI=1S/C25H33NO5/c1-5-14-31-21-13-12-18(16-22(21)30-6-2)15-20-23(25(28)29-4)17(3)26(24(20)27)19-10-8-7-9-11-19/h12-13,15-16,19H,5-11,14H2,1-4H3. The van der Waals surface area contributed by atoms with Crippen molar-refractivity contribution >= 4 is 18.0 Å². The number of ether oxygens (including phenoxy) is 3. The zero-order valence-electron chi connectivity index (χ0n) is 19.0. The summed E-state index contributed by atoms with van der Waals surface area (Å²) in [7, 11) is 1.35. The quantitative estimate of drug-likeness (QED) is 0.437. The van der Waals surface area contributed by atoms with E-state index < -0.39 is 5.97 Å². The second-order valence-electron chi connectivity index (χ2n) is 7.96. The maximum atomic E-state index is 13.4. The number of nitrogens with zero attached hydrogens (tertiary/aromatic N) is 1. The van der Waals surface area contributed by atoms with Crippen LogP contribution in [0.25, 0.3) is 6.08 Å². The van der Waals surface area contributed by atoms with Crippen LogP contribution in [0.15, 0.2) is 35.0 Å². The molecule has 0 bridgehead atoms. The third kappa shape index (κ3) is 4.94. The van der Waals surface area contributed by atoms with Crippen LogP contribution in [0.1, 0.15) is 64.9 Å². The van der Waals surface area contributed by atoms with Gasteiger partial charge in [0.2, 0.25) is 0 Å². The number of methoxy groups -OCH3 is 1. The number of carbonyl (C=O) groups is 2. The summed E-state index contributed by atoms with van der Waals surface area (Å²) in [6.45, 7) is 6.91. The molecule has 0 spiro atoms. The Morgan fingerprint density at radius 2 is 1.87 bits per heavy atom. The van der Waals surface area contributed by atoms with Crippen molar-refractivity contribution in [3.05, 3.63) is 40.6 Å². The number of rotatable bonds is 8. The Hall–Kier alpha value is -2.76. The lowest BCUT2D eigenvalue weighted by atomic mass is 9.94. The molecular formula is C25H33NO5. The number of benzene rings is 1. The first-order chi connectivity index (χ1) is 15.0. The maximum Gasteiger partial charge on any atom is 0.340 e. The zero-order chi connectivity index (χ0) is 22.4. The van der Waals surface area contributed by atoms with Gasteiger partial charge < -0.3 is 19.1 Å². The van der Waals surface area contributed by atoms with E-state index >= 15 is 0 Å². The van der Waals surface area contributed by atoms with Crippen molar-refractivity contribution in [3.63, 3.8) is 0 Å². The van der Waals surface area contributed by atoms with E-state index in [9.17, 15) is 9.59 Å². The molecule has 1 heterocycles. The summed E-state index contributed by atoms with van der Waals surface area (Å²) in [5.41, 5.74) is 2.18.